The molecule has 0 bridgehead atoms. The van der Waals surface area contributed by atoms with Crippen molar-refractivity contribution in [1.29, 1.82) is 0 Å². The van der Waals surface area contributed by atoms with Gasteiger partial charge < -0.3 is 5.11 Å². The molecule has 1 N–H and O–H groups in total. The van der Waals surface area contributed by atoms with Crippen LogP contribution in [-0.2, 0) is 5.72 Å². The van der Waals surface area contributed by atoms with Crippen molar-refractivity contribution in [2.75, 3.05) is 18.0 Å². The van der Waals surface area contributed by atoms with Crippen molar-refractivity contribution in [3.8, 4) is 0 Å². The molecule has 2 aliphatic heterocycles. The number of rotatable bonds is 2. The lowest BCUT2D eigenvalue weighted by molar-refractivity contribution is -0.658. The summed E-state index contributed by atoms with van der Waals surface area (Å²) in [6.45, 7) is 1.23. The van der Waals surface area contributed by atoms with Crippen LogP contribution in [0.15, 0.2) is 48.5 Å². The normalized spacial score (nSPS) is 23.6. The van der Waals surface area contributed by atoms with Gasteiger partial charge in [-0.05, 0) is 67.8 Å². The standard InChI is InChI=1S/C20H21ClFN2O/c21-16-7-11-18(12-8-16)23-14-20(25,15-5-9-17(22)10-6-15)24-13-3-1-2-4-19(23)24/h5-12,25H,1-4,13-14H2/q+1/t20-/m0/s1. The SMILES string of the molecule is O[C@]1(c2ccc(F)cc2)CN(c2ccc(Cl)cc2)C2=[N+]1CCCCC2. The van der Waals surface area contributed by atoms with Crippen LogP contribution in [0.5, 0.6) is 0 Å². The van der Waals surface area contributed by atoms with Gasteiger partial charge in [-0.3, -0.25) is 0 Å². The number of nitrogens with zero attached hydrogens (tertiary/aromatic N) is 2. The van der Waals surface area contributed by atoms with Crippen molar-refractivity contribution < 1.29 is 14.1 Å². The smallest absolute Gasteiger partial charge is 0.271 e. The highest BCUT2D eigenvalue weighted by molar-refractivity contribution is 6.30. The summed E-state index contributed by atoms with van der Waals surface area (Å²) >= 11 is 6.03. The van der Waals surface area contributed by atoms with E-state index in [-0.39, 0.29) is 5.82 Å². The Labute approximate surface area is 152 Å². The van der Waals surface area contributed by atoms with Gasteiger partial charge in [-0.2, -0.15) is 0 Å². The number of amidine groups is 1. The Kier molecular flexibility index (Phi) is 4.26. The van der Waals surface area contributed by atoms with Crippen molar-refractivity contribution in [2.45, 2.75) is 31.4 Å². The Balaban J connectivity index is 1.79. The molecular formula is C20H21ClFN2O+. The summed E-state index contributed by atoms with van der Waals surface area (Å²) in [7, 11) is 0. The van der Waals surface area contributed by atoms with E-state index in [4.69, 9.17) is 11.6 Å². The first-order valence-corrected chi connectivity index (χ1v) is 9.11. The zero-order valence-electron chi connectivity index (χ0n) is 14.0. The molecule has 0 saturated carbocycles. The zero-order valence-corrected chi connectivity index (χ0v) is 14.7. The van der Waals surface area contributed by atoms with E-state index in [9.17, 15) is 9.50 Å². The molecule has 25 heavy (non-hydrogen) atoms. The van der Waals surface area contributed by atoms with Crippen molar-refractivity contribution in [2.24, 2.45) is 0 Å². The van der Waals surface area contributed by atoms with Crippen LogP contribution in [0.1, 0.15) is 31.2 Å². The molecule has 0 radical (unpaired) electrons. The average Bonchev–Trinajstić information content (AvgIpc) is 2.78. The minimum atomic E-state index is -1.15. The third-order valence-electron chi connectivity index (χ3n) is 5.18. The molecule has 0 aromatic heterocycles. The van der Waals surface area contributed by atoms with Crippen LogP contribution >= 0.6 is 11.6 Å². The number of aliphatic hydroxyl groups is 1. The molecule has 0 aliphatic carbocycles. The Morgan fingerprint density at radius 2 is 1.72 bits per heavy atom. The van der Waals surface area contributed by atoms with Gasteiger partial charge in [0.25, 0.3) is 11.6 Å². The van der Waals surface area contributed by atoms with Crippen LogP contribution in [0.3, 0.4) is 0 Å². The van der Waals surface area contributed by atoms with Crippen LogP contribution in [0.2, 0.25) is 5.02 Å². The van der Waals surface area contributed by atoms with Gasteiger partial charge >= 0.3 is 0 Å². The van der Waals surface area contributed by atoms with E-state index in [1.165, 1.54) is 12.1 Å². The number of β-amino-alcohol motifs (C(OH)–C–C–N with tert-alkyl or cyclic N) is 1. The summed E-state index contributed by atoms with van der Waals surface area (Å²) < 4.78 is 15.5. The van der Waals surface area contributed by atoms with Gasteiger partial charge in [-0.1, -0.05) is 11.6 Å². The molecule has 130 valence electrons. The molecule has 0 saturated heterocycles. The van der Waals surface area contributed by atoms with E-state index >= 15 is 0 Å². The Bertz CT molecular complexity index is 803. The topological polar surface area (TPSA) is 26.5 Å². The summed E-state index contributed by atoms with van der Waals surface area (Å²) in [5.41, 5.74) is 0.599. The maximum Gasteiger partial charge on any atom is 0.271 e. The summed E-state index contributed by atoms with van der Waals surface area (Å²) in [5, 5.41) is 12.3. The highest BCUT2D eigenvalue weighted by Crippen LogP contribution is 2.35. The summed E-state index contributed by atoms with van der Waals surface area (Å²) in [5.74, 6) is 0.839. The summed E-state index contributed by atoms with van der Waals surface area (Å²) in [6, 6.07) is 13.9. The van der Waals surface area contributed by atoms with E-state index in [2.05, 4.69) is 9.48 Å². The first kappa shape index (κ1) is 16.6. The lowest BCUT2D eigenvalue weighted by Gasteiger charge is -2.23. The quantitative estimate of drug-likeness (QED) is 0.816. The molecule has 2 heterocycles. The highest BCUT2D eigenvalue weighted by atomic mass is 35.5. The van der Waals surface area contributed by atoms with Gasteiger partial charge in [0.1, 0.15) is 11.5 Å². The third-order valence-corrected chi connectivity index (χ3v) is 5.43. The molecule has 2 aliphatic rings. The Morgan fingerprint density at radius 3 is 2.44 bits per heavy atom. The van der Waals surface area contributed by atoms with E-state index in [1.807, 2.05) is 24.3 Å². The van der Waals surface area contributed by atoms with Crippen LogP contribution < -0.4 is 4.90 Å². The average molecular weight is 360 g/mol. The molecule has 0 fully saturated rings. The summed E-state index contributed by atoms with van der Waals surface area (Å²) in [6.07, 6.45) is 4.22. The highest BCUT2D eigenvalue weighted by Gasteiger charge is 2.51. The van der Waals surface area contributed by atoms with E-state index in [1.54, 1.807) is 12.1 Å². The zero-order chi connectivity index (χ0) is 17.4. The lowest BCUT2D eigenvalue weighted by atomic mass is 10.0. The Hall–Kier alpha value is -1.91. The molecule has 2 aromatic rings. The predicted molar refractivity (Wildman–Crippen MR) is 97.7 cm³/mol. The lowest BCUT2D eigenvalue weighted by Crippen LogP contribution is -2.41. The monoisotopic (exact) mass is 359 g/mol. The van der Waals surface area contributed by atoms with Gasteiger partial charge in [-0.25, -0.2) is 13.9 Å². The number of hydrogen-bond acceptors (Lipinski definition) is 2. The molecule has 3 nitrogen and oxygen atoms in total. The van der Waals surface area contributed by atoms with Crippen LogP contribution in [0.4, 0.5) is 10.1 Å². The predicted octanol–water partition coefficient (Wildman–Crippen LogP) is 4.13. The molecule has 1 atom stereocenters. The van der Waals surface area contributed by atoms with Gasteiger partial charge in [0.2, 0.25) is 0 Å². The molecule has 0 unspecified atom stereocenters. The van der Waals surface area contributed by atoms with E-state index in [0.717, 1.165) is 49.3 Å². The van der Waals surface area contributed by atoms with Crippen LogP contribution in [0.25, 0.3) is 0 Å². The van der Waals surface area contributed by atoms with E-state index < -0.39 is 5.72 Å². The van der Waals surface area contributed by atoms with Crippen LogP contribution in [-0.4, -0.2) is 28.6 Å². The number of anilines is 1. The van der Waals surface area contributed by atoms with Crippen molar-refractivity contribution in [3.05, 3.63) is 64.9 Å². The van der Waals surface area contributed by atoms with Gasteiger partial charge in [-0.15, -0.1) is 0 Å². The first-order chi connectivity index (χ1) is 12.1. The fourth-order valence-electron chi connectivity index (χ4n) is 3.90. The first-order valence-electron chi connectivity index (χ1n) is 8.73. The van der Waals surface area contributed by atoms with Crippen LogP contribution in [0, 0.1) is 5.82 Å². The fourth-order valence-corrected chi connectivity index (χ4v) is 4.02. The molecule has 0 spiro atoms. The van der Waals surface area contributed by atoms with E-state index in [0.29, 0.717) is 11.6 Å². The van der Waals surface area contributed by atoms with Crippen molar-refractivity contribution >= 4 is 23.1 Å². The van der Waals surface area contributed by atoms with Gasteiger partial charge in [0, 0.05) is 17.0 Å². The molecule has 0 amide bonds. The number of benzene rings is 2. The summed E-state index contributed by atoms with van der Waals surface area (Å²) in [4.78, 5) is 2.17. The second kappa shape index (κ2) is 6.43. The van der Waals surface area contributed by atoms with Crippen molar-refractivity contribution in [3.63, 3.8) is 0 Å². The molecule has 5 heteroatoms. The maximum absolute atomic E-state index is 13.4. The Morgan fingerprint density at radius 1 is 1.00 bits per heavy atom. The number of hydrogen-bond donors (Lipinski definition) is 1. The molecular weight excluding hydrogens is 339 g/mol. The second-order valence-electron chi connectivity index (χ2n) is 6.76. The molecule has 4 rings (SSSR count). The van der Waals surface area contributed by atoms with Crippen molar-refractivity contribution in [1.82, 2.24) is 0 Å². The van der Waals surface area contributed by atoms with Gasteiger partial charge in [0.15, 0.2) is 6.54 Å². The largest absolute Gasteiger partial charge is 0.346 e. The number of halogens is 2. The fraction of sp³-hybridized carbons (Fsp3) is 0.350. The molecule has 2 aromatic carbocycles. The maximum atomic E-state index is 13.4. The van der Waals surface area contributed by atoms with Gasteiger partial charge in [0.05, 0.1) is 6.54 Å². The minimum absolute atomic E-state index is 0.292. The second-order valence-corrected chi connectivity index (χ2v) is 7.20. The third kappa shape index (κ3) is 2.94. The minimum Gasteiger partial charge on any atom is -0.346 e.